The molecule has 1 heterocycles. The van der Waals surface area contributed by atoms with Crippen LogP contribution in [0.4, 0.5) is 4.39 Å². The molecule has 0 fully saturated rings. The van der Waals surface area contributed by atoms with E-state index in [0.29, 0.717) is 0 Å². The highest BCUT2D eigenvalue weighted by Crippen LogP contribution is 2.26. The van der Waals surface area contributed by atoms with E-state index in [4.69, 9.17) is 5.84 Å². The molecule has 0 bridgehead atoms. The fraction of sp³-hybridized carbons (Fsp3) is 0.273. The Hall–Kier alpha value is -1.37. The number of nitrogens with one attached hydrogen (secondary N) is 1. The lowest BCUT2D eigenvalue weighted by Crippen LogP contribution is -2.29. The molecule has 6 heteroatoms. The smallest absolute Gasteiger partial charge is 0.123 e. The number of nitrogens with two attached hydrogens (primary N) is 1. The highest BCUT2D eigenvalue weighted by Gasteiger charge is 2.19. The third-order valence-corrected chi connectivity index (χ3v) is 3.36. The van der Waals surface area contributed by atoms with E-state index in [1.54, 1.807) is 6.07 Å². The lowest BCUT2D eigenvalue weighted by molar-refractivity contribution is 0.606. The summed E-state index contributed by atoms with van der Waals surface area (Å²) < 4.78 is 17.1. The van der Waals surface area contributed by atoms with Gasteiger partial charge in [-0.15, -0.1) is 5.10 Å². The Bertz CT molecular complexity index is 500. The van der Waals surface area contributed by atoms with Gasteiger partial charge in [0.1, 0.15) is 5.82 Å². The first kappa shape index (κ1) is 12.1. The van der Waals surface area contributed by atoms with Crippen molar-refractivity contribution in [3.05, 3.63) is 46.2 Å². The van der Waals surface area contributed by atoms with Crippen LogP contribution in [-0.4, -0.2) is 9.59 Å². The molecule has 3 N–H and O–H groups in total. The molecule has 1 atom stereocenters. The van der Waals surface area contributed by atoms with Crippen LogP contribution in [0.3, 0.4) is 0 Å². The summed E-state index contributed by atoms with van der Waals surface area (Å²) in [6, 6.07) is 6.09. The Balaban J connectivity index is 2.40. The fourth-order valence-corrected chi connectivity index (χ4v) is 2.52. The molecule has 0 radical (unpaired) electrons. The minimum absolute atomic E-state index is 0.263. The van der Waals surface area contributed by atoms with Crippen LogP contribution in [0.25, 0.3) is 0 Å². The van der Waals surface area contributed by atoms with Crippen LogP contribution in [0.2, 0.25) is 0 Å². The number of aryl methyl sites for hydroxylation is 1. The summed E-state index contributed by atoms with van der Waals surface area (Å²) in [5.74, 6) is 5.27. The largest absolute Gasteiger partial charge is 0.271 e. The molecule has 1 aromatic carbocycles. The average Bonchev–Trinajstić information content (AvgIpc) is 2.78. The van der Waals surface area contributed by atoms with E-state index >= 15 is 0 Å². The maximum absolute atomic E-state index is 13.2. The first-order chi connectivity index (χ1) is 8.26. The molecule has 2 aromatic rings. The maximum atomic E-state index is 13.2. The normalized spacial score (nSPS) is 12.6. The van der Waals surface area contributed by atoms with Crippen LogP contribution in [0.5, 0.6) is 0 Å². The third kappa shape index (κ3) is 2.49. The van der Waals surface area contributed by atoms with E-state index in [-0.39, 0.29) is 11.9 Å². The van der Waals surface area contributed by atoms with Gasteiger partial charge in [-0.25, -0.2) is 9.82 Å². The lowest BCUT2D eigenvalue weighted by atomic mass is 10.0. The van der Waals surface area contributed by atoms with Crippen molar-refractivity contribution in [2.24, 2.45) is 5.84 Å². The average molecular weight is 252 g/mol. The number of halogens is 1. The number of hydrogen-bond acceptors (Lipinski definition) is 5. The van der Waals surface area contributed by atoms with Crippen molar-refractivity contribution in [1.82, 2.24) is 15.0 Å². The highest BCUT2D eigenvalue weighted by molar-refractivity contribution is 7.05. The summed E-state index contributed by atoms with van der Waals surface area (Å²) in [5.41, 5.74) is 4.35. The van der Waals surface area contributed by atoms with E-state index in [1.165, 1.54) is 23.7 Å². The molecule has 0 saturated carbocycles. The topological polar surface area (TPSA) is 63.8 Å². The van der Waals surface area contributed by atoms with Crippen LogP contribution >= 0.6 is 11.5 Å². The van der Waals surface area contributed by atoms with E-state index in [1.807, 2.05) is 13.0 Å². The van der Waals surface area contributed by atoms with E-state index in [0.717, 1.165) is 22.6 Å². The summed E-state index contributed by atoms with van der Waals surface area (Å²) in [5, 5.41) is 4.03. The molecular weight excluding hydrogens is 239 g/mol. The second kappa shape index (κ2) is 5.31. The van der Waals surface area contributed by atoms with Crippen molar-refractivity contribution in [2.45, 2.75) is 19.4 Å². The first-order valence-electron chi connectivity index (χ1n) is 5.29. The van der Waals surface area contributed by atoms with E-state index in [9.17, 15) is 4.39 Å². The number of hydrazine groups is 1. The Labute approximate surface area is 103 Å². The van der Waals surface area contributed by atoms with Crippen LogP contribution < -0.4 is 11.3 Å². The minimum Gasteiger partial charge on any atom is -0.271 e. The number of rotatable bonds is 4. The van der Waals surface area contributed by atoms with Crippen molar-refractivity contribution in [2.75, 3.05) is 0 Å². The number of benzene rings is 1. The summed E-state index contributed by atoms with van der Waals surface area (Å²) >= 11 is 1.28. The Kier molecular flexibility index (Phi) is 3.78. The highest BCUT2D eigenvalue weighted by atomic mass is 32.1. The predicted octanol–water partition coefficient (Wildman–Crippen LogP) is 1.79. The van der Waals surface area contributed by atoms with Gasteiger partial charge >= 0.3 is 0 Å². The fourth-order valence-electron chi connectivity index (χ4n) is 1.69. The van der Waals surface area contributed by atoms with Crippen molar-refractivity contribution >= 4 is 11.5 Å². The molecule has 0 spiro atoms. The van der Waals surface area contributed by atoms with Crippen LogP contribution in [0.1, 0.15) is 29.1 Å². The maximum Gasteiger partial charge on any atom is 0.123 e. The van der Waals surface area contributed by atoms with Gasteiger partial charge in [-0.2, -0.15) is 0 Å². The Morgan fingerprint density at radius 2 is 2.35 bits per heavy atom. The molecule has 0 aliphatic rings. The zero-order valence-corrected chi connectivity index (χ0v) is 10.2. The van der Waals surface area contributed by atoms with Crippen molar-refractivity contribution in [3.63, 3.8) is 0 Å². The molecule has 2 rings (SSSR count). The van der Waals surface area contributed by atoms with Gasteiger partial charge in [0.05, 0.1) is 16.6 Å². The van der Waals surface area contributed by atoms with Gasteiger partial charge in [0.15, 0.2) is 0 Å². The number of hydrogen-bond donors (Lipinski definition) is 2. The van der Waals surface area contributed by atoms with Crippen LogP contribution in [0.15, 0.2) is 24.3 Å². The summed E-state index contributed by atoms with van der Waals surface area (Å²) in [6.45, 7) is 2.00. The Morgan fingerprint density at radius 1 is 1.53 bits per heavy atom. The number of aromatic nitrogens is 2. The first-order valence-corrected chi connectivity index (χ1v) is 6.06. The van der Waals surface area contributed by atoms with Gasteiger partial charge < -0.3 is 0 Å². The van der Waals surface area contributed by atoms with Crippen molar-refractivity contribution in [1.29, 1.82) is 0 Å². The summed E-state index contributed by atoms with van der Waals surface area (Å²) in [4.78, 5) is 0.931. The molecule has 4 nitrogen and oxygen atoms in total. The molecule has 0 amide bonds. The van der Waals surface area contributed by atoms with E-state index in [2.05, 4.69) is 15.0 Å². The van der Waals surface area contributed by atoms with Gasteiger partial charge in [0, 0.05) is 0 Å². The molecule has 90 valence electrons. The molecule has 17 heavy (non-hydrogen) atoms. The zero-order valence-electron chi connectivity index (χ0n) is 9.35. The molecule has 0 saturated heterocycles. The molecule has 0 aliphatic carbocycles. The van der Waals surface area contributed by atoms with E-state index < -0.39 is 0 Å². The number of nitrogens with zero attached hydrogens (tertiary/aromatic N) is 2. The molecule has 1 aromatic heterocycles. The monoisotopic (exact) mass is 252 g/mol. The van der Waals surface area contributed by atoms with Gasteiger partial charge in [0.2, 0.25) is 0 Å². The molecule has 0 aliphatic heterocycles. The van der Waals surface area contributed by atoms with Gasteiger partial charge in [-0.1, -0.05) is 23.5 Å². The molecular formula is C11H13FN4S. The standard InChI is InChI=1S/C11H13FN4S/c1-2-9-11(17-16-15-9)10(14-13)7-4-3-5-8(12)6-7/h3-6,10,14H,2,13H2,1H3. The quantitative estimate of drug-likeness (QED) is 0.643. The van der Waals surface area contributed by atoms with Crippen molar-refractivity contribution in [3.8, 4) is 0 Å². The predicted molar refractivity (Wildman–Crippen MR) is 64.9 cm³/mol. The minimum atomic E-state index is -0.279. The summed E-state index contributed by atoms with van der Waals surface area (Å²) in [7, 11) is 0. The second-order valence-corrected chi connectivity index (χ2v) is 4.38. The Morgan fingerprint density at radius 3 is 3.00 bits per heavy atom. The van der Waals surface area contributed by atoms with Gasteiger partial charge in [-0.3, -0.25) is 5.84 Å². The SMILES string of the molecule is CCc1nnsc1C(NN)c1cccc(F)c1. The van der Waals surface area contributed by atoms with Crippen LogP contribution in [-0.2, 0) is 6.42 Å². The van der Waals surface area contributed by atoms with Gasteiger partial charge in [0.25, 0.3) is 0 Å². The molecule has 1 unspecified atom stereocenters. The van der Waals surface area contributed by atoms with Gasteiger partial charge in [-0.05, 0) is 35.6 Å². The second-order valence-electron chi connectivity index (χ2n) is 3.59. The van der Waals surface area contributed by atoms with Crippen molar-refractivity contribution < 1.29 is 4.39 Å². The van der Waals surface area contributed by atoms with Crippen LogP contribution in [0, 0.1) is 5.82 Å². The third-order valence-electron chi connectivity index (χ3n) is 2.53. The summed E-state index contributed by atoms with van der Waals surface area (Å²) in [6.07, 6.45) is 0.777. The zero-order chi connectivity index (χ0) is 12.3. The lowest BCUT2D eigenvalue weighted by Gasteiger charge is -2.15.